The maximum Gasteiger partial charge on any atom is 0.259 e. The van der Waals surface area contributed by atoms with E-state index >= 15 is 0 Å². The number of aromatic nitrogens is 1. The standard InChI is InChI=1S/C39H34F2N4O4S2/c1-23-17-28(36(42-20-23)44-14-11-39(12-15-44)21-49-22-39)37(47)43-26-7-5-24(6-8-26)38(48)45-13-9-25-18-33(51-34(25)35-31(45)10-16-50-35)32(46)19-27-29(40)3-2-4-30(27)41/h2-8,10,16-18,20H,9,11-15,19,21-22H2,1H3,(H,43,47). The number of thiophene rings is 2. The Kier molecular flexibility index (Phi) is 8.77. The van der Waals surface area contributed by atoms with E-state index < -0.39 is 11.6 Å². The van der Waals surface area contributed by atoms with Crippen LogP contribution in [0.4, 0.5) is 26.0 Å². The summed E-state index contributed by atoms with van der Waals surface area (Å²) in [6.45, 7) is 5.56. The van der Waals surface area contributed by atoms with Gasteiger partial charge in [-0.05, 0) is 97.3 Å². The van der Waals surface area contributed by atoms with Crippen molar-refractivity contribution < 1.29 is 27.9 Å². The van der Waals surface area contributed by atoms with E-state index in [1.807, 2.05) is 24.4 Å². The van der Waals surface area contributed by atoms with Gasteiger partial charge in [-0.1, -0.05) is 6.07 Å². The monoisotopic (exact) mass is 724 g/mol. The van der Waals surface area contributed by atoms with Gasteiger partial charge in [0.25, 0.3) is 11.8 Å². The molecular weight excluding hydrogens is 691 g/mol. The number of benzene rings is 2. The van der Waals surface area contributed by atoms with Crippen LogP contribution in [0.15, 0.2) is 72.2 Å². The molecule has 6 heterocycles. The number of hydrogen-bond acceptors (Lipinski definition) is 8. The summed E-state index contributed by atoms with van der Waals surface area (Å²) in [5.74, 6) is -1.60. The van der Waals surface area contributed by atoms with Crippen LogP contribution in [0.3, 0.4) is 0 Å². The number of pyridine rings is 1. The molecule has 2 fully saturated rings. The van der Waals surface area contributed by atoms with Crippen molar-refractivity contribution in [1.29, 1.82) is 0 Å². The summed E-state index contributed by atoms with van der Waals surface area (Å²) < 4.78 is 34.0. The lowest BCUT2D eigenvalue weighted by Crippen LogP contribution is -2.51. The van der Waals surface area contributed by atoms with Gasteiger partial charge in [0.15, 0.2) is 5.78 Å². The van der Waals surface area contributed by atoms with Crippen LogP contribution in [0, 0.1) is 24.0 Å². The first kappa shape index (κ1) is 33.4. The van der Waals surface area contributed by atoms with Crippen LogP contribution in [-0.4, -0.2) is 55.4 Å². The number of halogens is 2. The van der Waals surface area contributed by atoms with Crippen LogP contribution in [0.25, 0.3) is 9.75 Å². The zero-order valence-corrected chi connectivity index (χ0v) is 29.5. The fraction of sp³-hybridized carbons (Fsp3) is 0.282. The first-order chi connectivity index (χ1) is 24.7. The molecule has 3 aromatic heterocycles. The van der Waals surface area contributed by atoms with Gasteiger partial charge in [-0.25, -0.2) is 13.8 Å². The number of Topliss-reactive ketones (excluding diaryl/α,β-unsaturated/α-hetero) is 1. The first-order valence-corrected chi connectivity index (χ1v) is 18.6. The number of rotatable bonds is 7. The number of carbonyl (C=O) groups excluding carboxylic acids is 3. The van der Waals surface area contributed by atoms with Crippen molar-refractivity contribution in [2.45, 2.75) is 32.6 Å². The van der Waals surface area contributed by atoms with Crippen LogP contribution < -0.4 is 15.1 Å². The number of fused-ring (bicyclic) bond motifs is 3. The molecule has 2 saturated heterocycles. The van der Waals surface area contributed by atoms with Crippen LogP contribution in [-0.2, 0) is 17.6 Å². The third-order valence-corrected chi connectivity index (χ3v) is 12.3. The number of amides is 2. The molecule has 0 bridgehead atoms. The lowest BCUT2D eigenvalue weighted by atomic mass is 9.77. The molecule has 0 aliphatic carbocycles. The van der Waals surface area contributed by atoms with E-state index in [1.165, 1.54) is 28.7 Å². The van der Waals surface area contributed by atoms with Gasteiger partial charge in [-0.15, -0.1) is 22.7 Å². The Hall–Kier alpha value is -4.78. The quantitative estimate of drug-likeness (QED) is 0.171. The van der Waals surface area contributed by atoms with Crippen LogP contribution in [0.1, 0.15) is 59.9 Å². The van der Waals surface area contributed by atoms with E-state index in [0.29, 0.717) is 40.5 Å². The van der Waals surface area contributed by atoms with E-state index in [2.05, 4.69) is 15.2 Å². The van der Waals surface area contributed by atoms with E-state index in [0.717, 1.165) is 77.8 Å². The summed E-state index contributed by atoms with van der Waals surface area (Å²) in [5, 5.41) is 4.91. The zero-order chi connectivity index (χ0) is 35.3. The minimum atomic E-state index is -0.741. The molecule has 3 aliphatic heterocycles. The van der Waals surface area contributed by atoms with Crippen LogP contribution >= 0.6 is 22.7 Å². The number of nitrogens with zero attached hydrogens (tertiary/aromatic N) is 3. The normalized spacial score (nSPS) is 16.2. The summed E-state index contributed by atoms with van der Waals surface area (Å²) >= 11 is 2.77. The molecular formula is C39H34F2N4O4S2. The second kappa shape index (κ2) is 13.4. The van der Waals surface area contributed by atoms with Crippen molar-refractivity contribution in [2.75, 3.05) is 48.0 Å². The Bertz CT molecular complexity index is 2150. The second-order valence-electron chi connectivity index (χ2n) is 13.5. The minimum Gasteiger partial charge on any atom is -0.380 e. The Morgan fingerprint density at radius 3 is 2.41 bits per heavy atom. The Morgan fingerprint density at radius 1 is 0.961 bits per heavy atom. The highest BCUT2D eigenvalue weighted by atomic mass is 32.1. The third-order valence-electron chi connectivity index (χ3n) is 10.1. The smallest absolute Gasteiger partial charge is 0.259 e. The highest BCUT2D eigenvalue weighted by Crippen LogP contribution is 2.45. The predicted molar refractivity (Wildman–Crippen MR) is 195 cm³/mol. The minimum absolute atomic E-state index is 0.182. The number of aryl methyl sites for hydroxylation is 1. The van der Waals surface area contributed by atoms with Gasteiger partial charge in [0.1, 0.15) is 17.5 Å². The summed E-state index contributed by atoms with van der Waals surface area (Å²) in [4.78, 5) is 51.4. The van der Waals surface area contributed by atoms with Gasteiger partial charge in [-0.3, -0.25) is 14.4 Å². The lowest BCUT2D eigenvalue weighted by Gasteiger charge is -2.47. The number of carbonyl (C=O) groups is 3. The molecule has 1 spiro atoms. The van der Waals surface area contributed by atoms with E-state index in [-0.39, 0.29) is 35.0 Å². The van der Waals surface area contributed by atoms with Gasteiger partial charge >= 0.3 is 0 Å². The third kappa shape index (κ3) is 6.36. The van der Waals surface area contributed by atoms with Crippen molar-refractivity contribution in [2.24, 2.45) is 5.41 Å². The number of piperidine rings is 1. The largest absolute Gasteiger partial charge is 0.380 e. The fourth-order valence-corrected chi connectivity index (χ4v) is 9.28. The van der Waals surface area contributed by atoms with Crippen LogP contribution in [0.2, 0.25) is 0 Å². The van der Waals surface area contributed by atoms with Crippen molar-refractivity contribution in [3.8, 4) is 9.75 Å². The summed E-state index contributed by atoms with van der Waals surface area (Å²) in [7, 11) is 0. The highest BCUT2D eigenvalue weighted by Gasteiger charge is 2.42. The van der Waals surface area contributed by atoms with Gasteiger partial charge in [0.05, 0.1) is 39.1 Å². The molecule has 12 heteroatoms. The van der Waals surface area contributed by atoms with Crippen molar-refractivity contribution in [3.05, 3.63) is 117 Å². The number of hydrogen-bond donors (Lipinski definition) is 1. The molecule has 3 aliphatic rings. The molecule has 8 rings (SSSR count). The average Bonchev–Trinajstić information content (AvgIpc) is 3.74. The molecule has 0 saturated carbocycles. The Morgan fingerprint density at radius 2 is 1.71 bits per heavy atom. The maximum absolute atomic E-state index is 14.2. The lowest BCUT2D eigenvalue weighted by molar-refractivity contribution is -0.124. The molecule has 8 nitrogen and oxygen atoms in total. The Balaban J connectivity index is 0.962. The maximum atomic E-state index is 14.2. The SMILES string of the molecule is Cc1cnc(N2CCC3(CC2)COC3)c(C(=O)Nc2ccc(C(=O)N3CCc4cc(C(=O)Cc5c(F)cccc5F)sc4-c4sccc43)cc2)c1. The number of anilines is 3. The molecule has 51 heavy (non-hydrogen) atoms. The van der Waals surface area contributed by atoms with Gasteiger partial charge in [0, 0.05) is 54.5 Å². The van der Waals surface area contributed by atoms with Crippen molar-refractivity contribution in [1.82, 2.24) is 4.98 Å². The number of ether oxygens (including phenoxy) is 1. The van der Waals surface area contributed by atoms with E-state index in [9.17, 15) is 23.2 Å². The highest BCUT2D eigenvalue weighted by molar-refractivity contribution is 7.23. The molecule has 2 aromatic carbocycles. The summed E-state index contributed by atoms with van der Waals surface area (Å²) in [6.07, 6.45) is 3.95. The van der Waals surface area contributed by atoms with E-state index in [1.54, 1.807) is 41.4 Å². The topological polar surface area (TPSA) is 91.8 Å². The van der Waals surface area contributed by atoms with Gasteiger partial charge in [0.2, 0.25) is 0 Å². The molecule has 0 atom stereocenters. The zero-order valence-electron chi connectivity index (χ0n) is 27.8. The molecule has 2 amide bonds. The van der Waals surface area contributed by atoms with E-state index in [4.69, 9.17) is 4.74 Å². The molecule has 1 N–H and O–H groups in total. The summed E-state index contributed by atoms with van der Waals surface area (Å²) in [5.41, 5.74) is 4.14. The van der Waals surface area contributed by atoms with Crippen LogP contribution in [0.5, 0.6) is 0 Å². The molecule has 5 aromatic rings. The number of ketones is 1. The first-order valence-electron chi connectivity index (χ1n) is 16.9. The van der Waals surface area contributed by atoms with Gasteiger partial charge in [-0.2, -0.15) is 0 Å². The fourth-order valence-electron chi connectivity index (χ4n) is 7.05. The molecule has 0 unspecified atom stereocenters. The summed E-state index contributed by atoms with van der Waals surface area (Å²) in [6, 6.07) is 16.0. The average molecular weight is 725 g/mol. The molecule has 260 valence electrons. The van der Waals surface area contributed by atoms with Crippen molar-refractivity contribution >= 4 is 57.5 Å². The van der Waals surface area contributed by atoms with Crippen molar-refractivity contribution in [3.63, 3.8) is 0 Å². The second-order valence-corrected chi connectivity index (χ2v) is 15.5. The molecule has 0 radical (unpaired) electrons. The predicted octanol–water partition coefficient (Wildman–Crippen LogP) is 7.96. The number of nitrogens with one attached hydrogen (secondary N) is 1. The Labute approximate surface area is 301 Å². The van der Waals surface area contributed by atoms with Gasteiger partial charge < -0.3 is 19.9 Å².